The van der Waals surface area contributed by atoms with Crippen LogP contribution in [0.25, 0.3) is 0 Å². The van der Waals surface area contributed by atoms with Crippen molar-refractivity contribution >= 4 is 5.69 Å². The van der Waals surface area contributed by atoms with Gasteiger partial charge < -0.3 is 10.6 Å². The maximum atomic E-state index is 6.27. The van der Waals surface area contributed by atoms with E-state index in [0.29, 0.717) is 5.41 Å². The molecular formula is C18H30N2. The molecule has 2 rings (SSSR count). The highest BCUT2D eigenvalue weighted by Gasteiger charge is 2.29. The Morgan fingerprint density at radius 3 is 2.35 bits per heavy atom. The van der Waals surface area contributed by atoms with E-state index in [1.165, 1.54) is 24.1 Å². The van der Waals surface area contributed by atoms with Crippen LogP contribution in [0.1, 0.15) is 58.6 Å². The number of benzene rings is 1. The van der Waals surface area contributed by atoms with Crippen LogP contribution in [0, 0.1) is 11.3 Å². The molecule has 1 heterocycles. The molecule has 0 amide bonds. The third kappa shape index (κ3) is 3.35. The van der Waals surface area contributed by atoms with Crippen molar-refractivity contribution < 1.29 is 0 Å². The third-order valence-electron chi connectivity index (χ3n) is 4.84. The molecule has 112 valence electrons. The summed E-state index contributed by atoms with van der Waals surface area (Å²) >= 11 is 0. The molecule has 1 atom stereocenters. The molecule has 1 saturated heterocycles. The Kier molecular flexibility index (Phi) is 4.74. The highest BCUT2D eigenvalue weighted by Crippen LogP contribution is 2.37. The second kappa shape index (κ2) is 6.17. The van der Waals surface area contributed by atoms with Crippen LogP contribution in [0.15, 0.2) is 24.3 Å². The van der Waals surface area contributed by atoms with Gasteiger partial charge in [-0.15, -0.1) is 0 Å². The van der Waals surface area contributed by atoms with Gasteiger partial charge in [0.1, 0.15) is 0 Å². The summed E-state index contributed by atoms with van der Waals surface area (Å²) in [5, 5.41) is 0. The lowest BCUT2D eigenvalue weighted by Gasteiger charge is -2.40. The van der Waals surface area contributed by atoms with Crippen LogP contribution in [-0.2, 0) is 0 Å². The lowest BCUT2D eigenvalue weighted by atomic mass is 9.75. The first-order valence-electron chi connectivity index (χ1n) is 8.03. The van der Waals surface area contributed by atoms with Crippen LogP contribution in [0.5, 0.6) is 0 Å². The van der Waals surface area contributed by atoms with Gasteiger partial charge >= 0.3 is 0 Å². The number of piperidine rings is 1. The first-order valence-corrected chi connectivity index (χ1v) is 8.03. The normalized spacial score (nSPS) is 19.1. The summed E-state index contributed by atoms with van der Waals surface area (Å²) in [6.07, 6.45) is 3.58. The zero-order valence-electron chi connectivity index (χ0n) is 13.5. The Balaban J connectivity index is 2.11. The summed E-state index contributed by atoms with van der Waals surface area (Å²) in [5.41, 5.74) is 9.37. The second-order valence-corrected chi connectivity index (χ2v) is 7.20. The smallest absolute Gasteiger partial charge is 0.0414 e. The minimum Gasteiger partial charge on any atom is -0.371 e. The standard InChI is InChI=1S/C18H30N2/c1-5-16(19)15-8-6-7-9-17(15)20-12-10-14(11-13-20)18(2,3)4/h6-9,14,16H,5,10-13,19H2,1-4H3/t16-/m1/s1. The Labute approximate surface area is 124 Å². The van der Waals surface area contributed by atoms with E-state index in [1.807, 2.05) is 0 Å². The number of para-hydroxylation sites is 1. The lowest BCUT2D eigenvalue weighted by Crippen LogP contribution is -2.38. The van der Waals surface area contributed by atoms with Gasteiger partial charge in [-0.25, -0.2) is 0 Å². The molecule has 0 aromatic heterocycles. The van der Waals surface area contributed by atoms with Gasteiger partial charge in [-0.2, -0.15) is 0 Å². The van der Waals surface area contributed by atoms with Crippen LogP contribution in [0.3, 0.4) is 0 Å². The Morgan fingerprint density at radius 1 is 1.20 bits per heavy atom. The molecule has 1 aliphatic heterocycles. The van der Waals surface area contributed by atoms with Gasteiger partial charge in [-0.05, 0) is 42.2 Å². The van der Waals surface area contributed by atoms with E-state index in [4.69, 9.17) is 5.73 Å². The van der Waals surface area contributed by atoms with Crippen LogP contribution in [-0.4, -0.2) is 13.1 Å². The molecule has 0 unspecified atom stereocenters. The van der Waals surface area contributed by atoms with E-state index in [2.05, 4.69) is 56.9 Å². The largest absolute Gasteiger partial charge is 0.371 e. The van der Waals surface area contributed by atoms with Gasteiger partial charge in [0.25, 0.3) is 0 Å². The summed E-state index contributed by atoms with van der Waals surface area (Å²) in [6.45, 7) is 11.6. The van der Waals surface area contributed by atoms with Gasteiger partial charge in [-0.1, -0.05) is 45.9 Å². The first kappa shape index (κ1) is 15.4. The van der Waals surface area contributed by atoms with Crippen molar-refractivity contribution in [1.82, 2.24) is 0 Å². The number of hydrogen-bond acceptors (Lipinski definition) is 2. The fourth-order valence-electron chi connectivity index (χ4n) is 3.30. The first-order chi connectivity index (χ1) is 9.43. The van der Waals surface area contributed by atoms with Gasteiger partial charge in [0.05, 0.1) is 0 Å². The maximum Gasteiger partial charge on any atom is 0.0414 e. The fraction of sp³-hybridized carbons (Fsp3) is 0.667. The summed E-state index contributed by atoms with van der Waals surface area (Å²) in [5.74, 6) is 0.839. The summed E-state index contributed by atoms with van der Waals surface area (Å²) in [4.78, 5) is 2.53. The molecule has 0 bridgehead atoms. The Bertz CT molecular complexity index is 425. The van der Waals surface area contributed by atoms with E-state index in [0.717, 1.165) is 25.4 Å². The van der Waals surface area contributed by atoms with Gasteiger partial charge in [-0.3, -0.25) is 0 Å². The molecule has 2 heteroatoms. The number of hydrogen-bond donors (Lipinski definition) is 1. The predicted molar refractivity (Wildman–Crippen MR) is 88.1 cm³/mol. The highest BCUT2D eigenvalue weighted by atomic mass is 15.1. The molecule has 0 saturated carbocycles. The van der Waals surface area contributed by atoms with Crippen molar-refractivity contribution in [1.29, 1.82) is 0 Å². The minimum absolute atomic E-state index is 0.159. The van der Waals surface area contributed by atoms with Gasteiger partial charge in [0.15, 0.2) is 0 Å². The predicted octanol–water partition coefficient (Wildman–Crippen LogP) is 4.36. The lowest BCUT2D eigenvalue weighted by molar-refractivity contribution is 0.199. The molecule has 2 N–H and O–H groups in total. The SMILES string of the molecule is CC[C@@H](N)c1ccccc1N1CCC(C(C)(C)C)CC1. The average Bonchev–Trinajstić information content (AvgIpc) is 2.45. The number of nitrogens with two attached hydrogens (primary N) is 1. The van der Waals surface area contributed by atoms with Crippen LogP contribution < -0.4 is 10.6 Å². The van der Waals surface area contributed by atoms with Crippen LogP contribution in [0.4, 0.5) is 5.69 Å². The molecule has 1 aromatic rings. The van der Waals surface area contributed by atoms with Gasteiger partial charge in [0, 0.05) is 24.8 Å². The molecular weight excluding hydrogens is 244 g/mol. The van der Waals surface area contributed by atoms with Crippen molar-refractivity contribution in [3.63, 3.8) is 0 Å². The van der Waals surface area contributed by atoms with Crippen molar-refractivity contribution in [2.24, 2.45) is 17.1 Å². The molecule has 2 nitrogen and oxygen atoms in total. The molecule has 1 fully saturated rings. The fourth-order valence-corrected chi connectivity index (χ4v) is 3.30. The van der Waals surface area contributed by atoms with Crippen molar-refractivity contribution in [2.45, 2.75) is 53.0 Å². The quantitative estimate of drug-likeness (QED) is 0.887. The summed E-state index contributed by atoms with van der Waals surface area (Å²) in [6, 6.07) is 8.83. The minimum atomic E-state index is 0.159. The molecule has 1 aromatic carbocycles. The van der Waals surface area contributed by atoms with E-state index < -0.39 is 0 Å². The summed E-state index contributed by atoms with van der Waals surface area (Å²) < 4.78 is 0. The number of rotatable bonds is 3. The van der Waals surface area contributed by atoms with Crippen molar-refractivity contribution in [2.75, 3.05) is 18.0 Å². The Hall–Kier alpha value is -1.02. The number of anilines is 1. The zero-order chi connectivity index (χ0) is 14.8. The van der Waals surface area contributed by atoms with E-state index in [-0.39, 0.29) is 6.04 Å². The monoisotopic (exact) mass is 274 g/mol. The maximum absolute atomic E-state index is 6.27. The number of nitrogens with zero attached hydrogens (tertiary/aromatic N) is 1. The van der Waals surface area contributed by atoms with Crippen LogP contribution >= 0.6 is 0 Å². The second-order valence-electron chi connectivity index (χ2n) is 7.20. The van der Waals surface area contributed by atoms with Gasteiger partial charge in [0.2, 0.25) is 0 Å². The summed E-state index contributed by atoms with van der Waals surface area (Å²) in [7, 11) is 0. The topological polar surface area (TPSA) is 29.3 Å². The molecule has 0 radical (unpaired) electrons. The average molecular weight is 274 g/mol. The Morgan fingerprint density at radius 2 is 1.80 bits per heavy atom. The molecule has 0 spiro atoms. The van der Waals surface area contributed by atoms with E-state index in [1.54, 1.807) is 0 Å². The third-order valence-corrected chi connectivity index (χ3v) is 4.84. The molecule has 0 aliphatic carbocycles. The van der Waals surface area contributed by atoms with Crippen molar-refractivity contribution in [3.05, 3.63) is 29.8 Å². The molecule has 20 heavy (non-hydrogen) atoms. The highest BCUT2D eigenvalue weighted by molar-refractivity contribution is 5.55. The zero-order valence-corrected chi connectivity index (χ0v) is 13.5. The van der Waals surface area contributed by atoms with Crippen molar-refractivity contribution in [3.8, 4) is 0 Å². The van der Waals surface area contributed by atoms with Crippen LogP contribution in [0.2, 0.25) is 0 Å². The molecule has 1 aliphatic rings. The van der Waals surface area contributed by atoms with E-state index in [9.17, 15) is 0 Å². The van der Waals surface area contributed by atoms with E-state index >= 15 is 0 Å².